The van der Waals surface area contributed by atoms with Crippen molar-refractivity contribution in [2.75, 3.05) is 6.54 Å². The van der Waals surface area contributed by atoms with Crippen molar-refractivity contribution in [3.63, 3.8) is 0 Å². The minimum Gasteiger partial charge on any atom is -0.617 e. The van der Waals surface area contributed by atoms with Gasteiger partial charge in [-0.1, -0.05) is 6.92 Å². The zero-order valence-electron chi connectivity index (χ0n) is 11.2. The molecule has 0 aliphatic heterocycles. The monoisotopic (exact) mass is 288 g/mol. The summed E-state index contributed by atoms with van der Waals surface area (Å²) in [7, 11) is 0. The van der Waals surface area contributed by atoms with E-state index >= 15 is 0 Å². The number of nitrogens with one attached hydrogen (secondary N) is 1. The van der Waals surface area contributed by atoms with Crippen molar-refractivity contribution in [3.05, 3.63) is 45.0 Å². The van der Waals surface area contributed by atoms with E-state index in [2.05, 4.69) is 5.32 Å². The van der Waals surface area contributed by atoms with Crippen molar-refractivity contribution in [2.24, 2.45) is 0 Å². The fourth-order valence-corrected chi connectivity index (χ4v) is 1.86. The van der Waals surface area contributed by atoms with Gasteiger partial charge in [-0.05, 0) is 18.6 Å². The standard InChI is InChI=1S/C13H12N4O4/c1-2-5-15-12(18)8-3-4-9-10(6-8)17(21)13(19)11(7-14)16(9)20/h3-4,6,21H,2,5H2,1H3,(H,15,18). The third-order valence-electron chi connectivity index (χ3n) is 2.92. The molecule has 2 aromatic rings. The Morgan fingerprint density at radius 1 is 1.57 bits per heavy atom. The second-order valence-corrected chi connectivity index (χ2v) is 4.33. The molecule has 108 valence electrons. The first-order chi connectivity index (χ1) is 10.0. The first kappa shape index (κ1) is 14.3. The Bertz CT molecular complexity index is 820. The third-order valence-corrected chi connectivity index (χ3v) is 2.92. The molecule has 8 heteroatoms. The lowest BCUT2D eigenvalue weighted by Crippen LogP contribution is -2.42. The van der Waals surface area contributed by atoms with Crippen molar-refractivity contribution in [1.82, 2.24) is 10.0 Å². The molecule has 0 saturated heterocycles. The molecule has 0 aliphatic rings. The van der Waals surface area contributed by atoms with E-state index in [1.54, 1.807) is 0 Å². The highest BCUT2D eigenvalue weighted by Gasteiger charge is 2.21. The molecule has 0 spiro atoms. The summed E-state index contributed by atoms with van der Waals surface area (Å²) in [5, 5.41) is 33.0. The van der Waals surface area contributed by atoms with E-state index in [0.717, 1.165) is 6.42 Å². The number of benzene rings is 1. The fourth-order valence-electron chi connectivity index (χ4n) is 1.86. The molecule has 2 rings (SSSR count). The maximum atomic E-state index is 11.9. The number of amides is 1. The van der Waals surface area contributed by atoms with Crippen LogP contribution in [0.4, 0.5) is 0 Å². The van der Waals surface area contributed by atoms with Crippen LogP contribution in [0, 0.1) is 16.5 Å². The van der Waals surface area contributed by atoms with Crippen LogP contribution in [0.2, 0.25) is 0 Å². The van der Waals surface area contributed by atoms with Gasteiger partial charge in [-0.25, -0.2) is 0 Å². The largest absolute Gasteiger partial charge is 0.617 e. The predicted molar refractivity (Wildman–Crippen MR) is 71.7 cm³/mol. The van der Waals surface area contributed by atoms with E-state index < -0.39 is 11.3 Å². The first-order valence-corrected chi connectivity index (χ1v) is 6.21. The van der Waals surface area contributed by atoms with Crippen LogP contribution in [0.25, 0.3) is 11.0 Å². The van der Waals surface area contributed by atoms with E-state index in [4.69, 9.17) is 5.26 Å². The van der Waals surface area contributed by atoms with Gasteiger partial charge in [0.15, 0.2) is 11.6 Å². The lowest BCUT2D eigenvalue weighted by atomic mass is 10.1. The molecule has 0 bridgehead atoms. The van der Waals surface area contributed by atoms with Crippen LogP contribution in [0.3, 0.4) is 0 Å². The summed E-state index contributed by atoms with van der Waals surface area (Å²) in [6.45, 7) is 2.38. The molecule has 1 aromatic carbocycles. The van der Waals surface area contributed by atoms with Crippen LogP contribution in [0.1, 0.15) is 29.4 Å². The Kier molecular flexibility index (Phi) is 3.75. The average molecular weight is 288 g/mol. The molecule has 1 amide bonds. The first-order valence-electron chi connectivity index (χ1n) is 6.21. The summed E-state index contributed by atoms with van der Waals surface area (Å²) >= 11 is 0. The summed E-state index contributed by atoms with van der Waals surface area (Å²) in [5.41, 5.74) is -1.90. The number of hydrogen-bond donors (Lipinski definition) is 2. The summed E-state index contributed by atoms with van der Waals surface area (Å²) in [6.07, 6.45) is 0.760. The van der Waals surface area contributed by atoms with Gasteiger partial charge in [0.25, 0.3) is 5.91 Å². The van der Waals surface area contributed by atoms with Gasteiger partial charge in [0, 0.05) is 18.2 Å². The van der Waals surface area contributed by atoms with E-state index in [-0.39, 0.29) is 32.0 Å². The number of nitrogens with zero attached hydrogens (tertiary/aromatic N) is 3. The maximum absolute atomic E-state index is 11.9. The van der Waals surface area contributed by atoms with Gasteiger partial charge in [-0.3, -0.25) is 9.59 Å². The van der Waals surface area contributed by atoms with Gasteiger partial charge in [-0.2, -0.15) is 5.26 Å². The molecule has 0 unspecified atom stereocenters. The topological polar surface area (TPSA) is 122 Å². The van der Waals surface area contributed by atoms with Crippen LogP contribution in [0.15, 0.2) is 23.0 Å². The van der Waals surface area contributed by atoms with Crippen LogP contribution in [-0.2, 0) is 0 Å². The highest BCUT2D eigenvalue weighted by atomic mass is 16.5. The molecular formula is C13H12N4O4. The minimum absolute atomic E-state index is 0.0827. The second-order valence-electron chi connectivity index (χ2n) is 4.33. The lowest BCUT2D eigenvalue weighted by Gasteiger charge is -2.08. The van der Waals surface area contributed by atoms with E-state index in [1.807, 2.05) is 6.92 Å². The fraction of sp³-hybridized carbons (Fsp3) is 0.231. The molecular weight excluding hydrogens is 276 g/mol. The normalized spacial score (nSPS) is 10.3. The summed E-state index contributed by atoms with van der Waals surface area (Å²) in [6, 6.07) is 5.32. The van der Waals surface area contributed by atoms with Gasteiger partial charge < -0.3 is 15.7 Å². The SMILES string of the molecule is CCCNC(=O)c1ccc2c(c1)n(O)c(=O)c(C#N)[n+]2[O-]. The van der Waals surface area contributed by atoms with E-state index in [0.29, 0.717) is 6.54 Å². The lowest BCUT2D eigenvalue weighted by molar-refractivity contribution is -0.581. The number of nitriles is 1. The number of aromatic nitrogens is 2. The molecule has 1 heterocycles. The van der Waals surface area contributed by atoms with Gasteiger partial charge >= 0.3 is 11.3 Å². The van der Waals surface area contributed by atoms with Crippen molar-refractivity contribution < 1.29 is 14.7 Å². The summed E-state index contributed by atoms with van der Waals surface area (Å²) < 4.78 is 0.330. The molecule has 0 atom stereocenters. The third kappa shape index (κ3) is 2.36. The smallest absolute Gasteiger partial charge is 0.368 e. The van der Waals surface area contributed by atoms with E-state index in [9.17, 15) is 20.0 Å². The summed E-state index contributed by atoms with van der Waals surface area (Å²) in [4.78, 5) is 23.5. The van der Waals surface area contributed by atoms with Crippen molar-refractivity contribution >= 4 is 16.9 Å². The van der Waals surface area contributed by atoms with Gasteiger partial charge in [0.2, 0.25) is 5.52 Å². The zero-order chi connectivity index (χ0) is 15.6. The Morgan fingerprint density at radius 2 is 2.29 bits per heavy atom. The molecule has 8 nitrogen and oxygen atoms in total. The number of hydrogen-bond acceptors (Lipinski definition) is 5. The molecule has 0 saturated carbocycles. The minimum atomic E-state index is -1.13. The van der Waals surface area contributed by atoms with Crippen LogP contribution >= 0.6 is 0 Å². The number of rotatable bonds is 3. The number of fused-ring (bicyclic) bond motifs is 1. The van der Waals surface area contributed by atoms with Crippen molar-refractivity contribution in [1.29, 1.82) is 5.26 Å². The summed E-state index contributed by atoms with van der Waals surface area (Å²) in [5.74, 6) is -0.381. The predicted octanol–water partition coefficient (Wildman–Crippen LogP) is -0.116. The van der Waals surface area contributed by atoms with E-state index in [1.165, 1.54) is 24.3 Å². The highest BCUT2D eigenvalue weighted by Crippen LogP contribution is 2.11. The van der Waals surface area contributed by atoms with Crippen LogP contribution < -0.4 is 15.6 Å². The van der Waals surface area contributed by atoms with Crippen molar-refractivity contribution in [2.45, 2.75) is 13.3 Å². The van der Waals surface area contributed by atoms with Crippen LogP contribution in [0.5, 0.6) is 0 Å². The van der Waals surface area contributed by atoms with Gasteiger partial charge in [-0.15, -0.1) is 9.46 Å². The van der Waals surface area contributed by atoms with Crippen LogP contribution in [-0.4, -0.2) is 22.4 Å². The highest BCUT2D eigenvalue weighted by molar-refractivity contribution is 5.96. The quantitative estimate of drug-likeness (QED) is 0.463. The Hall–Kier alpha value is -3.08. The zero-order valence-corrected chi connectivity index (χ0v) is 11.2. The van der Waals surface area contributed by atoms with Crippen molar-refractivity contribution in [3.8, 4) is 6.07 Å². The second kappa shape index (κ2) is 5.50. The molecule has 1 aromatic heterocycles. The van der Waals surface area contributed by atoms with Gasteiger partial charge in [0.1, 0.15) is 0 Å². The molecule has 0 radical (unpaired) electrons. The molecule has 21 heavy (non-hydrogen) atoms. The Balaban J connectivity index is 2.65. The average Bonchev–Trinajstić information content (AvgIpc) is 2.50. The number of carbonyl (C=O) groups is 1. The Morgan fingerprint density at radius 3 is 2.90 bits per heavy atom. The molecule has 2 N–H and O–H groups in total. The maximum Gasteiger partial charge on any atom is 0.368 e. The Labute approximate surface area is 119 Å². The molecule has 0 fully saturated rings. The van der Waals surface area contributed by atoms with Gasteiger partial charge in [0.05, 0.1) is 0 Å². The number of carbonyl (C=O) groups excluding carboxylic acids is 1. The molecule has 0 aliphatic carbocycles.